The van der Waals surface area contributed by atoms with Crippen LogP contribution in [0.2, 0.25) is 0 Å². The summed E-state index contributed by atoms with van der Waals surface area (Å²) in [6.07, 6.45) is 4.04. The Morgan fingerprint density at radius 2 is 1.93 bits per heavy atom. The lowest BCUT2D eigenvalue weighted by molar-refractivity contribution is -0.162. The molecule has 12 nitrogen and oxygen atoms in total. The summed E-state index contributed by atoms with van der Waals surface area (Å²) in [7, 11) is 2.04. The number of likely N-dealkylation sites (N-methyl/N-ethyl adjacent to an activating group) is 1. The van der Waals surface area contributed by atoms with Gasteiger partial charge in [0.2, 0.25) is 0 Å². The first-order chi connectivity index (χ1) is 20.5. The molecule has 3 aromatic heterocycles. The molecule has 1 saturated heterocycles. The first-order valence-corrected chi connectivity index (χ1v) is 15.1. The van der Waals surface area contributed by atoms with Crippen LogP contribution in [0.4, 0.5) is 19.0 Å². The maximum Gasteiger partial charge on any atom is 0.408 e. The number of anilines is 1. The number of allylic oxidation sites excluding steroid dienone is 1. The quantitative estimate of drug-likeness (QED) is 0.330. The van der Waals surface area contributed by atoms with Crippen molar-refractivity contribution < 1.29 is 23.4 Å². The van der Waals surface area contributed by atoms with Crippen LogP contribution in [0.1, 0.15) is 44.3 Å². The molecule has 232 valence electrons. The number of hydrogen-bond donors (Lipinski definition) is 3. The van der Waals surface area contributed by atoms with Crippen LogP contribution in [0, 0.1) is 0 Å². The van der Waals surface area contributed by atoms with E-state index in [1.165, 1.54) is 0 Å². The summed E-state index contributed by atoms with van der Waals surface area (Å²) >= 11 is 1.13. The first kappa shape index (κ1) is 29.7. The molecule has 3 aromatic rings. The second-order valence-electron chi connectivity index (χ2n) is 11.6. The Morgan fingerprint density at radius 3 is 2.60 bits per heavy atom. The lowest BCUT2D eigenvalue weighted by atomic mass is 9.71. The normalized spacial score (nSPS) is 26.3. The van der Waals surface area contributed by atoms with Crippen LogP contribution in [0.15, 0.2) is 40.7 Å². The van der Waals surface area contributed by atoms with Crippen molar-refractivity contribution >= 4 is 23.4 Å². The van der Waals surface area contributed by atoms with E-state index < -0.39 is 23.3 Å². The Balaban J connectivity index is 1.39. The molecular weight excluding hydrogens is 585 g/mol. The average Bonchev–Trinajstić information content (AvgIpc) is 3.35. The lowest BCUT2D eigenvalue weighted by Gasteiger charge is -2.56. The van der Waals surface area contributed by atoms with E-state index in [1.807, 2.05) is 17.8 Å². The van der Waals surface area contributed by atoms with E-state index in [0.717, 1.165) is 60.8 Å². The molecule has 2 aliphatic heterocycles. The fourth-order valence-corrected chi connectivity index (χ4v) is 6.78. The Kier molecular flexibility index (Phi) is 7.59. The molecule has 2 unspecified atom stereocenters. The SMILES string of the molecule is CC1=C(O)[C@@](CNc2csc(-c3nncn3C(C)C(F)(F)F)n2)(n2cnc(C3CC3)c2)C(CO)(N2CCN(C)CC2)C=N1. The van der Waals surface area contributed by atoms with Crippen LogP contribution in [0.25, 0.3) is 10.8 Å². The maximum absolute atomic E-state index is 13.5. The van der Waals surface area contributed by atoms with E-state index in [1.54, 1.807) is 24.8 Å². The molecule has 0 spiro atoms. The van der Waals surface area contributed by atoms with Crippen molar-refractivity contribution in [2.75, 3.05) is 51.7 Å². The molecule has 0 bridgehead atoms. The number of imidazole rings is 1. The van der Waals surface area contributed by atoms with Gasteiger partial charge < -0.3 is 25.0 Å². The molecule has 2 fully saturated rings. The fourth-order valence-electron chi connectivity index (χ4n) is 6.02. The molecule has 3 atom stereocenters. The minimum Gasteiger partial charge on any atom is -0.508 e. The summed E-state index contributed by atoms with van der Waals surface area (Å²) in [6, 6.07) is -1.83. The molecule has 3 N–H and O–H groups in total. The van der Waals surface area contributed by atoms with Gasteiger partial charge in [0.1, 0.15) is 35.0 Å². The topological polar surface area (TPSA) is 133 Å². The molecule has 0 radical (unpaired) electrons. The van der Waals surface area contributed by atoms with E-state index >= 15 is 0 Å². The van der Waals surface area contributed by atoms with Gasteiger partial charge in [-0.2, -0.15) is 13.2 Å². The number of piperazine rings is 1. The van der Waals surface area contributed by atoms with Crippen molar-refractivity contribution in [1.29, 1.82) is 0 Å². The molecule has 16 heteroatoms. The highest BCUT2D eigenvalue weighted by atomic mass is 32.1. The Bertz CT molecular complexity index is 1520. The van der Waals surface area contributed by atoms with Crippen molar-refractivity contribution in [3.63, 3.8) is 0 Å². The number of aliphatic imine (C=N–C) groups is 1. The number of aliphatic hydroxyl groups excluding tert-OH is 2. The molecule has 43 heavy (non-hydrogen) atoms. The highest BCUT2D eigenvalue weighted by Crippen LogP contribution is 2.46. The van der Waals surface area contributed by atoms with Crippen LogP contribution in [0.3, 0.4) is 0 Å². The van der Waals surface area contributed by atoms with E-state index in [9.17, 15) is 23.4 Å². The zero-order valence-corrected chi connectivity index (χ0v) is 25.0. The van der Waals surface area contributed by atoms with Gasteiger partial charge in [-0.05, 0) is 33.7 Å². The van der Waals surface area contributed by atoms with Gasteiger partial charge in [0.25, 0.3) is 0 Å². The van der Waals surface area contributed by atoms with E-state index in [2.05, 4.69) is 40.3 Å². The number of hydrogen-bond acceptors (Lipinski definition) is 11. The zero-order chi connectivity index (χ0) is 30.6. The maximum atomic E-state index is 13.5. The minimum atomic E-state index is -4.48. The summed E-state index contributed by atoms with van der Waals surface area (Å²) in [6.45, 7) is 5.31. The smallest absolute Gasteiger partial charge is 0.408 e. The van der Waals surface area contributed by atoms with Gasteiger partial charge in [-0.1, -0.05) is 0 Å². The highest BCUT2D eigenvalue weighted by molar-refractivity contribution is 7.13. The summed E-state index contributed by atoms with van der Waals surface area (Å²) < 4.78 is 43.2. The van der Waals surface area contributed by atoms with Crippen molar-refractivity contribution in [1.82, 2.24) is 39.1 Å². The summed E-state index contributed by atoms with van der Waals surface area (Å²) in [4.78, 5) is 18.1. The molecule has 0 amide bonds. The van der Waals surface area contributed by atoms with Crippen molar-refractivity contribution in [2.24, 2.45) is 4.99 Å². The number of aromatic nitrogens is 6. The Hall–Kier alpha value is -3.34. The van der Waals surface area contributed by atoms with E-state index in [4.69, 9.17) is 0 Å². The largest absolute Gasteiger partial charge is 0.508 e. The third-order valence-corrected chi connectivity index (χ3v) is 9.79. The number of aliphatic hydroxyl groups is 2. The minimum absolute atomic E-state index is 0.00630. The van der Waals surface area contributed by atoms with Crippen LogP contribution in [0.5, 0.6) is 0 Å². The number of nitrogens with one attached hydrogen (secondary N) is 1. The number of halogens is 3. The van der Waals surface area contributed by atoms with Gasteiger partial charge in [0.15, 0.2) is 10.8 Å². The number of nitrogens with zero attached hydrogens (tertiary/aromatic N) is 9. The van der Waals surface area contributed by atoms with Crippen molar-refractivity contribution in [3.05, 3.63) is 41.4 Å². The van der Waals surface area contributed by atoms with Crippen molar-refractivity contribution in [2.45, 2.75) is 55.9 Å². The van der Waals surface area contributed by atoms with Gasteiger partial charge in [0, 0.05) is 56.4 Å². The summed E-state index contributed by atoms with van der Waals surface area (Å²) in [5.74, 6) is 0.742. The third kappa shape index (κ3) is 5.03. The standard InChI is InChI=1S/C27H35F3N10O2S/c1-17-22(42)26(39-10-20(33-15-39)19-4-5-19,25(14-41,12-31-17)38-8-6-37(3)7-9-38)13-32-21-11-43-24(35-21)23-36-34-16-40(23)18(2)27(28,29)30/h10-12,15-16,18-19,32,41-42H,4-9,13-14H2,1-3H3/t18?,25?,26-/m1/s1. The van der Waals surface area contributed by atoms with Crippen LogP contribution in [-0.4, -0.2) is 114 Å². The van der Waals surface area contributed by atoms with E-state index in [-0.39, 0.29) is 29.7 Å². The monoisotopic (exact) mass is 620 g/mol. The van der Waals surface area contributed by atoms with Crippen LogP contribution in [-0.2, 0) is 5.54 Å². The molecule has 3 aliphatic rings. The predicted octanol–water partition coefficient (Wildman–Crippen LogP) is 3.26. The number of alkyl halides is 3. The molecule has 6 rings (SSSR count). The second kappa shape index (κ2) is 11.0. The Labute approximate surface area is 250 Å². The predicted molar refractivity (Wildman–Crippen MR) is 155 cm³/mol. The molecular formula is C27H35F3N10O2S. The van der Waals surface area contributed by atoms with Gasteiger partial charge in [-0.15, -0.1) is 21.5 Å². The first-order valence-electron chi connectivity index (χ1n) is 14.2. The van der Waals surface area contributed by atoms with E-state index in [0.29, 0.717) is 30.5 Å². The zero-order valence-electron chi connectivity index (χ0n) is 24.2. The number of thiazole rings is 1. The molecule has 1 aliphatic carbocycles. The second-order valence-corrected chi connectivity index (χ2v) is 12.4. The summed E-state index contributed by atoms with van der Waals surface area (Å²) in [5, 5.41) is 36.0. The molecule has 0 aromatic carbocycles. The van der Waals surface area contributed by atoms with Gasteiger partial charge in [0.05, 0.1) is 24.3 Å². The highest BCUT2D eigenvalue weighted by Gasteiger charge is 2.60. The van der Waals surface area contributed by atoms with Crippen molar-refractivity contribution in [3.8, 4) is 10.8 Å². The van der Waals surface area contributed by atoms with Gasteiger partial charge >= 0.3 is 6.18 Å². The van der Waals surface area contributed by atoms with Crippen LogP contribution >= 0.6 is 11.3 Å². The average molecular weight is 621 g/mol. The molecule has 5 heterocycles. The van der Waals surface area contributed by atoms with Crippen LogP contribution < -0.4 is 5.32 Å². The molecule has 1 saturated carbocycles. The third-order valence-electron chi connectivity index (χ3n) is 8.95. The lowest BCUT2D eigenvalue weighted by Crippen LogP contribution is -2.73. The van der Waals surface area contributed by atoms with Gasteiger partial charge in [-0.25, -0.2) is 9.97 Å². The van der Waals surface area contributed by atoms with Gasteiger partial charge in [-0.3, -0.25) is 14.5 Å². The Morgan fingerprint density at radius 1 is 1.19 bits per heavy atom. The summed E-state index contributed by atoms with van der Waals surface area (Å²) in [5.41, 5.74) is -1.09. The fraction of sp³-hybridized carbons (Fsp3) is 0.593. The number of rotatable bonds is 9.